The van der Waals surface area contributed by atoms with Crippen LogP contribution in [0.25, 0.3) is 11.6 Å². The van der Waals surface area contributed by atoms with Crippen LogP contribution in [0.5, 0.6) is 0 Å². The standard InChI is InChI=1S/C18H18ClN5/c1-18(19)5-4-16-17(24-18)7-14(12-23-16)15(8-20)11-22-10-13-3-2-6-21-9-13/h2-9,11-12,24H,10,20H2,1H3. The molecule has 0 aliphatic carbocycles. The monoisotopic (exact) mass is 339 g/mol. The maximum atomic E-state index is 6.32. The number of aromatic nitrogens is 2. The minimum Gasteiger partial charge on any atom is -0.404 e. The SMILES string of the molecule is CC1(Cl)C=Cc2ncc(C(C=NCc3cccnc3)=CN)cc2N1. The fraction of sp³-hybridized carbons (Fsp3) is 0.167. The van der Waals surface area contributed by atoms with Gasteiger partial charge in [-0.05, 0) is 36.8 Å². The Bertz CT molecular complexity index is 809. The molecule has 0 saturated heterocycles. The van der Waals surface area contributed by atoms with Crippen molar-refractivity contribution in [2.45, 2.75) is 18.5 Å². The zero-order valence-electron chi connectivity index (χ0n) is 13.3. The molecule has 6 heteroatoms. The van der Waals surface area contributed by atoms with E-state index in [0.717, 1.165) is 28.1 Å². The van der Waals surface area contributed by atoms with Gasteiger partial charge in [0.15, 0.2) is 0 Å². The first kappa shape index (κ1) is 16.2. The second kappa shape index (κ2) is 6.84. The van der Waals surface area contributed by atoms with Gasteiger partial charge < -0.3 is 11.1 Å². The third-order valence-corrected chi connectivity index (χ3v) is 3.81. The van der Waals surface area contributed by atoms with E-state index in [2.05, 4.69) is 20.3 Å². The summed E-state index contributed by atoms with van der Waals surface area (Å²) in [6.07, 6.45) is 12.4. The van der Waals surface area contributed by atoms with Gasteiger partial charge >= 0.3 is 0 Å². The topological polar surface area (TPSA) is 76.2 Å². The fourth-order valence-electron chi connectivity index (χ4n) is 2.36. The number of nitrogens with one attached hydrogen (secondary N) is 1. The zero-order chi connectivity index (χ0) is 17.0. The zero-order valence-corrected chi connectivity index (χ0v) is 14.0. The van der Waals surface area contributed by atoms with Gasteiger partial charge in [-0.2, -0.15) is 0 Å². The van der Waals surface area contributed by atoms with Crippen LogP contribution in [0.1, 0.15) is 23.7 Å². The number of nitrogens with two attached hydrogens (primary N) is 1. The van der Waals surface area contributed by atoms with Gasteiger partial charge in [0.25, 0.3) is 0 Å². The van der Waals surface area contributed by atoms with Crippen LogP contribution in [0.15, 0.2) is 54.1 Å². The molecule has 1 atom stereocenters. The highest BCUT2D eigenvalue weighted by Crippen LogP contribution is 2.30. The van der Waals surface area contributed by atoms with Crippen molar-refractivity contribution >= 4 is 35.2 Å². The van der Waals surface area contributed by atoms with E-state index in [4.69, 9.17) is 17.3 Å². The molecule has 0 radical (unpaired) electrons. The van der Waals surface area contributed by atoms with Gasteiger partial charge in [0.05, 0.1) is 17.9 Å². The molecule has 3 N–H and O–H groups in total. The van der Waals surface area contributed by atoms with Crippen LogP contribution >= 0.6 is 11.6 Å². The van der Waals surface area contributed by atoms with Crippen LogP contribution in [-0.4, -0.2) is 21.2 Å². The highest BCUT2D eigenvalue weighted by molar-refractivity contribution is 6.26. The molecule has 5 nitrogen and oxygen atoms in total. The predicted molar refractivity (Wildman–Crippen MR) is 99.7 cm³/mol. The van der Waals surface area contributed by atoms with Crippen molar-refractivity contribution in [2.24, 2.45) is 10.7 Å². The van der Waals surface area contributed by atoms with Gasteiger partial charge in [0, 0.05) is 42.1 Å². The van der Waals surface area contributed by atoms with Gasteiger partial charge in [0.2, 0.25) is 0 Å². The summed E-state index contributed by atoms with van der Waals surface area (Å²) in [5.41, 5.74) is 10.2. The van der Waals surface area contributed by atoms with Crippen molar-refractivity contribution in [3.05, 3.63) is 65.9 Å². The highest BCUT2D eigenvalue weighted by Gasteiger charge is 2.22. The van der Waals surface area contributed by atoms with Crippen LogP contribution in [0.2, 0.25) is 0 Å². The number of halogens is 1. The summed E-state index contributed by atoms with van der Waals surface area (Å²) in [4.78, 5) is 12.3. The van der Waals surface area contributed by atoms with E-state index in [1.54, 1.807) is 24.8 Å². The smallest absolute Gasteiger partial charge is 0.128 e. The van der Waals surface area contributed by atoms with Gasteiger partial charge in [-0.25, -0.2) is 0 Å². The van der Waals surface area contributed by atoms with Crippen molar-refractivity contribution in [2.75, 3.05) is 5.32 Å². The van der Waals surface area contributed by atoms with E-state index in [0.29, 0.717) is 6.54 Å². The summed E-state index contributed by atoms with van der Waals surface area (Å²) in [5.74, 6) is 0. The third-order valence-electron chi connectivity index (χ3n) is 3.59. The van der Waals surface area contributed by atoms with Crippen LogP contribution < -0.4 is 11.1 Å². The van der Waals surface area contributed by atoms with Crippen LogP contribution in [0.4, 0.5) is 5.69 Å². The Balaban J connectivity index is 1.78. The van der Waals surface area contributed by atoms with Gasteiger partial charge in [-0.15, -0.1) is 0 Å². The third kappa shape index (κ3) is 3.81. The largest absolute Gasteiger partial charge is 0.404 e. The Labute approximate surface area is 146 Å². The molecule has 24 heavy (non-hydrogen) atoms. The lowest BCUT2D eigenvalue weighted by Crippen LogP contribution is -2.27. The predicted octanol–water partition coefficient (Wildman–Crippen LogP) is 3.44. The highest BCUT2D eigenvalue weighted by atomic mass is 35.5. The second-order valence-electron chi connectivity index (χ2n) is 5.64. The van der Waals surface area contributed by atoms with Crippen molar-refractivity contribution in [1.82, 2.24) is 9.97 Å². The van der Waals surface area contributed by atoms with Crippen molar-refractivity contribution in [1.29, 1.82) is 0 Å². The lowest BCUT2D eigenvalue weighted by Gasteiger charge is -2.26. The molecule has 0 bridgehead atoms. The number of anilines is 1. The normalized spacial score (nSPS) is 20.0. The van der Waals surface area contributed by atoms with E-state index < -0.39 is 5.00 Å². The fourth-order valence-corrected chi connectivity index (χ4v) is 2.53. The molecular weight excluding hydrogens is 322 g/mol. The first-order valence-electron chi connectivity index (χ1n) is 7.55. The summed E-state index contributed by atoms with van der Waals surface area (Å²) in [5, 5.41) is 3.23. The molecule has 0 aromatic carbocycles. The average Bonchev–Trinajstić information content (AvgIpc) is 2.58. The van der Waals surface area contributed by atoms with Crippen LogP contribution in [-0.2, 0) is 6.54 Å². The molecule has 0 saturated carbocycles. The van der Waals surface area contributed by atoms with E-state index in [1.807, 2.05) is 37.3 Å². The number of rotatable bonds is 4. The molecule has 122 valence electrons. The van der Waals surface area contributed by atoms with Crippen molar-refractivity contribution in [3.8, 4) is 0 Å². The molecular formula is C18H18ClN5. The van der Waals surface area contributed by atoms with E-state index in [-0.39, 0.29) is 0 Å². The maximum absolute atomic E-state index is 6.32. The number of hydrogen-bond acceptors (Lipinski definition) is 5. The molecule has 1 aliphatic rings. The number of allylic oxidation sites excluding steroid dienone is 1. The van der Waals surface area contributed by atoms with E-state index in [1.165, 1.54) is 6.20 Å². The Hall–Kier alpha value is -2.66. The van der Waals surface area contributed by atoms with Gasteiger partial charge in [0.1, 0.15) is 5.00 Å². The van der Waals surface area contributed by atoms with Gasteiger partial charge in [-0.1, -0.05) is 17.7 Å². The quantitative estimate of drug-likeness (QED) is 0.508. The molecule has 1 aliphatic heterocycles. The lowest BCUT2D eigenvalue weighted by molar-refractivity contribution is 0.891. The molecule has 2 aromatic rings. The summed E-state index contributed by atoms with van der Waals surface area (Å²) >= 11 is 6.32. The number of hydrogen-bond donors (Lipinski definition) is 2. The molecule has 0 amide bonds. The molecule has 3 heterocycles. The van der Waals surface area contributed by atoms with Crippen LogP contribution in [0, 0.1) is 0 Å². The lowest BCUT2D eigenvalue weighted by atomic mass is 10.1. The summed E-state index contributed by atoms with van der Waals surface area (Å²) in [6, 6.07) is 5.84. The Morgan fingerprint density at radius 2 is 2.33 bits per heavy atom. The molecule has 0 fully saturated rings. The number of alkyl halides is 1. The van der Waals surface area contributed by atoms with Crippen molar-refractivity contribution < 1.29 is 0 Å². The first-order valence-corrected chi connectivity index (χ1v) is 7.92. The Morgan fingerprint density at radius 1 is 1.46 bits per heavy atom. The summed E-state index contributed by atoms with van der Waals surface area (Å²) < 4.78 is 0. The minimum absolute atomic E-state index is 0.546. The molecule has 1 unspecified atom stereocenters. The van der Waals surface area contributed by atoms with E-state index >= 15 is 0 Å². The molecule has 0 spiro atoms. The molecule has 3 rings (SSSR count). The average molecular weight is 340 g/mol. The number of aliphatic imine (C=N–C) groups is 1. The van der Waals surface area contributed by atoms with E-state index in [9.17, 15) is 0 Å². The van der Waals surface area contributed by atoms with Gasteiger partial charge in [-0.3, -0.25) is 15.0 Å². The Morgan fingerprint density at radius 3 is 3.08 bits per heavy atom. The number of fused-ring (bicyclic) bond motifs is 1. The molecule has 2 aromatic heterocycles. The number of pyridine rings is 2. The second-order valence-corrected chi connectivity index (χ2v) is 6.43. The summed E-state index contributed by atoms with van der Waals surface area (Å²) in [7, 11) is 0. The maximum Gasteiger partial charge on any atom is 0.128 e. The first-order chi connectivity index (χ1) is 11.6. The summed E-state index contributed by atoms with van der Waals surface area (Å²) in [6.45, 7) is 2.43. The van der Waals surface area contributed by atoms with Crippen LogP contribution in [0.3, 0.4) is 0 Å². The minimum atomic E-state index is -0.617. The Kier molecular flexibility index (Phi) is 4.62. The number of nitrogens with zero attached hydrogens (tertiary/aromatic N) is 3. The van der Waals surface area contributed by atoms with Crippen molar-refractivity contribution in [3.63, 3.8) is 0 Å².